The molecular weight excluding hydrogens is 244 g/mol. The first kappa shape index (κ1) is 13.7. The number of nitrogens with zero attached hydrogens (tertiary/aromatic N) is 1. The Bertz CT molecular complexity index is 474. The number of anilines is 2. The number of carbonyl (C=O) groups excluding carboxylic acids is 1. The predicted molar refractivity (Wildman–Crippen MR) is 74.7 cm³/mol. The third-order valence-electron chi connectivity index (χ3n) is 3.46. The number of rotatable bonds is 4. The molecule has 1 heterocycles. The minimum atomic E-state index is -0.144. The predicted octanol–water partition coefficient (Wildman–Crippen LogP) is 1.47. The van der Waals surface area contributed by atoms with Gasteiger partial charge in [-0.25, -0.2) is 0 Å². The van der Waals surface area contributed by atoms with E-state index in [-0.39, 0.29) is 25.2 Å². The van der Waals surface area contributed by atoms with Crippen LogP contribution in [0.15, 0.2) is 18.2 Å². The van der Waals surface area contributed by atoms with Gasteiger partial charge < -0.3 is 20.1 Å². The zero-order valence-electron chi connectivity index (χ0n) is 11.5. The molecule has 19 heavy (non-hydrogen) atoms. The molecule has 0 bridgehead atoms. The minimum Gasteiger partial charge on any atom is -0.482 e. The van der Waals surface area contributed by atoms with Gasteiger partial charge in [-0.1, -0.05) is 13.8 Å². The Morgan fingerprint density at radius 3 is 2.84 bits per heavy atom. The molecule has 1 atom stereocenters. The molecule has 1 aromatic carbocycles. The van der Waals surface area contributed by atoms with E-state index in [2.05, 4.69) is 19.2 Å². The number of aliphatic hydroxyl groups excluding tert-OH is 1. The normalized spacial score (nSPS) is 15.5. The van der Waals surface area contributed by atoms with Gasteiger partial charge in [-0.2, -0.15) is 0 Å². The molecule has 1 aromatic rings. The van der Waals surface area contributed by atoms with E-state index in [1.54, 1.807) is 0 Å². The van der Waals surface area contributed by atoms with Crippen LogP contribution in [0.3, 0.4) is 0 Å². The van der Waals surface area contributed by atoms with Crippen molar-refractivity contribution in [2.45, 2.75) is 19.9 Å². The van der Waals surface area contributed by atoms with Crippen LogP contribution in [-0.4, -0.2) is 37.3 Å². The molecule has 104 valence electrons. The fourth-order valence-corrected chi connectivity index (χ4v) is 2.26. The Hall–Kier alpha value is -1.75. The summed E-state index contributed by atoms with van der Waals surface area (Å²) < 4.78 is 5.32. The first-order chi connectivity index (χ1) is 9.02. The summed E-state index contributed by atoms with van der Waals surface area (Å²) in [5.74, 6) is 0.869. The van der Waals surface area contributed by atoms with Gasteiger partial charge in [0.15, 0.2) is 6.61 Å². The second-order valence-electron chi connectivity index (χ2n) is 5.12. The highest BCUT2D eigenvalue weighted by Crippen LogP contribution is 2.32. The van der Waals surface area contributed by atoms with Gasteiger partial charge in [0.2, 0.25) is 0 Å². The molecule has 0 aromatic heterocycles. The van der Waals surface area contributed by atoms with Crippen LogP contribution in [-0.2, 0) is 4.79 Å². The zero-order chi connectivity index (χ0) is 14.0. The molecule has 2 N–H and O–H groups in total. The first-order valence-corrected chi connectivity index (χ1v) is 6.43. The topological polar surface area (TPSA) is 61.8 Å². The SMILES string of the molecule is CC(C)C(CO)N(C)c1ccc2c(c1)NC(=O)CO2. The molecule has 0 spiro atoms. The van der Waals surface area contributed by atoms with E-state index in [0.717, 1.165) is 5.69 Å². The second kappa shape index (κ2) is 5.48. The lowest BCUT2D eigenvalue weighted by molar-refractivity contribution is -0.118. The molecule has 1 aliphatic heterocycles. The van der Waals surface area contributed by atoms with Crippen LogP contribution in [0, 0.1) is 5.92 Å². The van der Waals surface area contributed by atoms with E-state index in [4.69, 9.17) is 4.74 Å². The average Bonchev–Trinajstić information content (AvgIpc) is 2.38. The van der Waals surface area contributed by atoms with Crippen LogP contribution in [0.5, 0.6) is 5.75 Å². The van der Waals surface area contributed by atoms with E-state index in [9.17, 15) is 9.90 Å². The van der Waals surface area contributed by atoms with Crippen LogP contribution < -0.4 is 15.0 Å². The molecule has 0 saturated carbocycles. The second-order valence-corrected chi connectivity index (χ2v) is 5.12. The molecule has 0 fully saturated rings. The summed E-state index contributed by atoms with van der Waals surface area (Å²) in [4.78, 5) is 13.3. The Balaban J connectivity index is 2.26. The number of ether oxygens (including phenoxy) is 1. The van der Waals surface area contributed by atoms with Gasteiger partial charge in [0.1, 0.15) is 5.75 Å². The number of hydrogen-bond donors (Lipinski definition) is 2. The molecule has 0 radical (unpaired) electrons. The van der Waals surface area contributed by atoms with Crippen molar-refractivity contribution in [1.29, 1.82) is 0 Å². The van der Waals surface area contributed by atoms with E-state index < -0.39 is 0 Å². The Kier molecular flexibility index (Phi) is 3.95. The fourth-order valence-electron chi connectivity index (χ4n) is 2.26. The number of aliphatic hydroxyl groups is 1. The zero-order valence-corrected chi connectivity index (χ0v) is 11.5. The third-order valence-corrected chi connectivity index (χ3v) is 3.46. The number of benzene rings is 1. The van der Waals surface area contributed by atoms with Crippen LogP contribution in [0.4, 0.5) is 11.4 Å². The van der Waals surface area contributed by atoms with E-state index in [1.807, 2.05) is 30.1 Å². The summed E-state index contributed by atoms with van der Waals surface area (Å²) in [6, 6.07) is 5.69. The van der Waals surface area contributed by atoms with Crippen LogP contribution >= 0.6 is 0 Å². The smallest absolute Gasteiger partial charge is 0.262 e. The molecule has 1 unspecified atom stereocenters. The molecule has 1 aliphatic rings. The minimum absolute atomic E-state index is 0.0401. The number of carbonyl (C=O) groups is 1. The largest absolute Gasteiger partial charge is 0.482 e. The van der Waals surface area contributed by atoms with E-state index in [1.165, 1.54) is 0 Å². The fraction of sp³-hybridized carbons (Fsp3) is 0.500. The molecule has 2 rings (SSSR count). The van der Waals surface area contributed by atoms with E-state index >= 15 is 0 Å². The van der Waals surface area contributed by atoms with Gasteiger partial charge in [-0.15, -0.1) is 0 Å². The molecule has 5 heteroatoms. The van der Waals surface area contributed by atoms with Gasteiger partial charge in [0, 0.05) is 12.7 Å². The number of amides is 1. The summed E-state index contributed by atoms with van der Waals surface area (Å²) >= 11 is 0. The maximum absolute atomic E-state index is 11.3. The number of likely N-dealkylation sites (N-methyl/N-ethyl adjacent to an activating group) is 1. The lowest BCUT2D eigenvalue weighted by Crippen LogP contribution is -2.39. The van der Waals surface area contributed by atoms with Crippen molar-refractivity contribution >= 4 is 17.3 Å². The number of fused-ring (bicyclic) bond motifs is 1. The number of hydrogen-bond acceptors (Lipinski definition) is 4. The van der Waals surface area contributed by atoms with Crippen LogP contribution in [0.25, 0.3) is 0 Å². The van der Waals surface area contributed by atoms with Gasteiger partial charge in [0.05, 0.1) is 18.3 Å². The highest BCUT2D eigenvalue weighted by molar-refractivity contribution is 5.96. The highest BCUT2D eigenvalue weighted by atomic mass is 16.5. The van der Waals surface area contributed by atoms with Crippen molar-refractivity contribution in [3.63, 3.8) is 0 Å². The van der Waals surface area contributed by atoms with Crippen molar-refractivity contribution in [1.82, 2.24) is 0 Å². The van der Waals surface area contributed by atoms with Gasteiger partial charge in [-0.3, -0.25) is 4.79 Å². The molecular formula is C14H20N2O3. The van der Waals surface area contributed by atoms with Crippen molar-refractivity contribution in [3.05, 3.63) is 18.2 Å². The maximum Gasteiger partial charge on any atom is 0.262 e. The summed E-state index contributed by atoms with van der Waals surface area (Å²) in [5, 5.41) is 12.3. The Labute approximate surface area is 113 Å². The third kappa shape index (κ3) is 2.81. The molecule has 5 nitrogen and oxygen atoms in total. The lowest BCUT2D eigenvalue weighted by atomic mass is 10.0. The molecule has 0 saturated heterocycles. The monoisotopic (exact) mass is 264 g/mol. The number of nitrogens with one attached hydrogen (secondary N) is 1. The van der Waals surface area contributed by atoms with Crippen molar-refractivity contribution in [3.8, 4) is 5.75 Å². The molecule has 0 aliphatic carbocycles. The van der Waals surface area contributed by atoms with Gasteiger partial charge >= 0.3 is 0 Å². The molecule has 1 amide bonds. The first-order valence-electron chi connectivity index (χ1n) is 6.43. The van der Waals surface area contributed by atoms with Crippen molar-refractivity contribution < 1.29 is 14.6 Å². The van der Waals surface area contributed by atoms with Crippen molar-refractivity contribution in [2.75, 3.05) is 30.5 Å². The summed E-state index contributed by atoms with van der Waals surface area (Å²) in [5.41, 5.74) is 1.62. The van der Waals surface area contributed by atoms with E-state index in [0.29, 0.717) is 17.4 Å². The Morgan fingerprint density at radius 1 is 1.47 bits per heavy atom. The maximum atomic E-state index is 11.3. The average molecular weight is 264 g/mol. The highest BCUT2D eigenvalue weighted by Gasteiger charge is 2.21. The summed E-state index contributed by atoms with van der Waals surface area (Å²) in [6.45, 7) is 4.29. The standard InChI is InChI=1S/C14H20N2O3/c1-9(2)12(7-17)16(3)10-4-5-13-11(6-10)15-14(18)8-19-13/h4-6,9,12,17H,7-8H2,1-3H3,(H,15,18). The lowest BCUT2D eigenvalue weighted by Gasteiger charge is -2.32. The van der Waals surface area contributed by atoms with Crippen LogP contribution in [0.2, 0.25) is 0 Å². The Morgan fingerprint density at radius 2 is 2.21 bits per heavy atom. The quantitative estimate of drug-likeness (QED) is 0.864. The van der Waals surface area contributed by atoms with Crippen LogP contribution in [0.1, 0.15) is 13.8 Å². The summed E-state index contributed by atoms with van der Waals surface area (Å²) in [6.07, 6.45) is 0. The van der Waals surface area contributed by atoms with Gasteiger partial charge in [-0.05, 0) is 24.1 Å². The van der Waals surface area contributed by atoms with Crippen molar-refractivity contribution in [2.24, 2.45) is 5.92 Å². The van der Waals surface area contributed by atoms with Gasteiger partial charge in [0.25, 0.3) is 5.91 Å². The summed E-state index contributed by atoms with van der Waals surface area (Å²) in [7, 11) is 1.94.